The molecule has 4 aliphatic heterocycles. The van der Waals surface area contributed by atoms with E-state index in [0.717, 1.165) is 26.2 Å². The molecule has 18 heavy (non-hydrogen) atoms. The summed E-state index contributed by atoms with van der Waals surface area (Å²) in [6.07, 6.45) is 1.10. The minimum absolute atomic E-state index is 0.128. The van der Waals surface area contributed by atoms with Gasteiger partial charge in [0.1, 0.15) is 0 Å². The van der Waals surface area contributed by atoms with Gasteiger partial charge in [-0.05, 0) is 6.42 Å². The Morgan fingerprint density at radius 1 is 0.944 bits per heavy atom. The average molecular weight is 258 g/mol. The van der Waals surface area contributed by atoms with Crippen LogP contribution in [0.2, 0.25) is 0 Å². The van der Waals surface area contributed by atoms with Gasteiger partial charge in [0.2, 0.25) is 0 Å². The SMILES string of the molecule is CCC1(COCC23COC(C)(OC2)OC3)COC1. The first-order chi connectivity index (χ1) is 8.60. The van der Waals surface area contributed by atoms with Gasteiger partial charge >= 0.3 is 0 Å². The third-order valence-electron chi connectivity index (χ3n) is 4.30. The van der Waals surface area contributed by atoms with E-state index in [1.54, 1.807) is 0 Å². The fraction of sp³-hybridized carbons (Fsp3) is 1.00. The molecule has 5 heteroatoms. The van der Waals surface area contributed by atoms with Gasteiger partial charge < -0.3 is 23.7 Å². The van der Waals surface area contributed by atoms with E-state index in [9.17, 15) is 0 Å². The van der Waals surface area contributed by atoms with Crippen molar-refractivity contribution in [2.45, 2.75) is 26.2 Å². The number of ether oxygens (including phenoxy) is 5. The summed E-state index contributed by atoms with van der Waals surface area (Å²) < 4.78 is 27.9. The van der Waals surface area contributed by atoms with Gasteiger partial charge in [0, 0.05) is 12.3 Å². The average Bonchev–Trinajstić information content (AvgIpc) is 2.35. The molecule has 4 fully saturated rings. The standard InChI is InChI=1S/C13H22O5/c1-3-12(4-14-5-12)6-15-7-13-8-16-11(2,17-9-13)18-10-13/h3-10H2,1-2H3. The molecule has 4 saturated heterocycles. The molecule has 2 bridgehead atoms. The molecule has 0 N–H and O–H groups in total. The van der Waals surface area contributed by atoms with E-state index >= 15 is 0 Å². The zero-order valence-electron chi connectivity index (χ0n) is 11.2. The minimum Gasteiger partial charge on any atom is -0.380 e. The first-order valence-corrected chi connectivity index (χ1v) is 6.67. The highest BCUT2D eigenvalue weighted by Gasteiger charge is 2.50. The number of hydrogen-bond acceptors (Lipinski definition) is 5. The molecule has 0 unspecified atom stereocenters. The first kappa shape index (κ1) is 12.8. The van der Waals surface area contributed by atoms with Crippen LogP contribution in [0.4, 0.5) is 0 Å². The highest BCUT2D eigenvalue weighted by atomic mass is 16.9. The summed E-state index contributed by atoms with van der Waals surface area (Å²) in [5, 5.41) is 0. The third kappa shape index (κ3) is 2.18. The summed E-state index contributed by atoms with van der Waals surface area (Å²) in [6, 6.07) is 0. The zero-order valence-corrected chi connectivity index (χ0v) is 11.2. The van der Waals surface area contributed by atoms with Crippen molar-refractivity contribution in [3.63, 3.8) is 0 Å². The molecule has 0 aromatic heterocycles. The van der Waals surface area contributed by atoms with Crippen LogP contribution in [-0.4, -0.2) is 52.2 Å². The second kappa shape index (κ2) is 4.42. The largest absolute Gasteiger partial charge is 0.380 e. The Labute approximate surface area is 108 Å². The monoisotopic (exact) mass is 258 g/mol. The molecule has 0 aliphatic carbocycles. The van der Waals surface area contributed by atoms with Gasteiger partial charge in [-0.2, -0.15) is 0 Å². The van der Waals surface area contributed by atoms with E-state index in [4.69, 9.17) is 23.7 Å². The van der Waals surface area contributed by atoms with Crippen LogP contribution in [0, 0.1) is 10.8 Å². The molecular weight excluding hydrogens is 236 g/mol. The highest BCUT2D eigenvalue weighted by molar-refractivity contribution is 4.88. The van der Waals surface area contributed by atoms with Crippen molar-refractivity contribution in [1.82, 2.24) is 0 Å². The van der Waals surface area contributed by atoms with E-state index in [-0.39, 0.29) is 10.8 Å². The second-order valence-electron chi connectivity index (χ2n) is 6.07. The lowest BCUT2D eigenvalue weighted by Gasteiger charge is -2.50. The van der Waals surface area contributed by atoms with E-state index in [2.05, 4.69) is 6.92 Å². The lowest BCUT2D eigenvalue weighted by atomic mass is 9.84. The van der Waals surface area contributed by atoms with Gasteiger partial charge in [-0.1, -0.05) is 6.92 Å². The van der Waals surface area contributed by atoms with Crippen LogP contribution in [0.5, 0.6) is 0 Å². The molecule has 0 spiro atoms. The second-order valence-corrected chi connectivity index (χ2v) is 6.07. The van der Waals surface area contributed by atoms with Crippen LogP contribution >= 0.6 is 0 Å². The molecular formula is C13H22O5. The molecule has 0 saturated carbocycles. The number of fused-ring (bicyclic) bond motifs is 3. The third-order valence-corrected chi connectivity index (χ3v) is 4.30. The maximum absolute atomic E-state index is 5.90. The van der Waals surface area contributed by atoms with Gasteiger partial charge in [-0.15, -0.1) is 0 Å². The van der Waals surface area contributed by atoms with E-state index in [1.807, 2.05) is 6.92 Å². The lowest BCUT2D eigenvalue weighted by Crippen LogP contribution is -2.60. The van der Waals surface area contributed by atoms with Crippen LogP contribution in [0.3, 0.4) is 0 Å². The Kier molecular flexibility index (Phi) is 3.15. The van der Waals surface area contributed by atoms with Crippen molar-refractivity contribution < 1.29 is 23.7 Å². The highest BCUT2D eigenvalue weighted by Crippen LogP contribution is 2.39. The van der Waals surface area contributed by atoms with Gasteiger partial charge in [-0.3, -0.25) is 0 Å². The molecule has 4 heterocycles. The van der Waals surface area contributed by atoms with Crippen LogP contribution in [0.25, 0.3) is 0 Å². The summed E-state index contributed by atoms with van der Waals surface area (Å²) in [5.74, 6) is -0.825. The van der Waals surface area contributed by atoms with Gasteiger partial charge in [0.15, 0.2) is 0 Å². The molecule has 0 atom stereocenters. The van der Waals surface area contributed by atoms with Crippen molar-refractivity contribution in [3.8, 4) is 0 Å². The topological polar surface area (TPSA) is 46.2 Å². The van der Waals surface area contributed by atoms with Crippen LogP contribution in [-0.2, 0) is 23.7 Å². The van der Waals surface area contributed by atoms with Crippen molar-refractivity contribution in [1.29, 1.82) is 0 Å². The smallest absolute Gasteiger partial charge is 0.279 e. The van der Waals surface area contributed by atoms with E-state index in [0.29, 0.717) is 26.4 Å². The van der Waals surface area contributed by atoms with Crippen LogP contribution < -0.4 is 0 Å². The molecule has 4 aliphatic rings. The van der Waals surface area contributed by atoms with Crippen LogP contribution in [0.15, 0.2) is 0 Å². The lowest BCUT2D eigenvalue weighted by molar-refractivity contribution is -0.462. The van der Waals surface area contributed by atoms with Crippen LogP contribution in [0.1, 0.15) is 20.3 Å². The molecule has 104 valence electrons. The van der Waals surface area contributed by atoms with Gasteiger partial charge in [0.05, 0.1) is 51.7 Å². The van der Waals surface area contributed by atoms with Crippen molar-refractivity contribution in [2.75, 3.05) is 46.2 Å². The fourth-order valence-corrected chi connectivity index (χ4v) is 2.49. The Bertz CT molecular complexity index is 282. The normalized spacial score (nSPS) is 41.7. The Hall–Kier alpha value is -0.200. The zero-order chi connectivity index (χ0) is 12.7. The quantitative estimate of drug-likeness (QED) is 0.740. The molecule has 0 amide bonds. The predicted molar refractivity (Wildman–Crippen MR) is 63.1 cm³/mol. The van der Waals surface area contributed by atoms with E-state index in [1.165, 1.54) is 0 Å². The Balaban J connectivity index is 1.48. The first-order valence-electron chi connectivity index (χ1n) is 6.67. The summed E-state index contributed by atoms with van der Waals surface area (Å²) >= 11 is 0. The molecule has 0 aromatic rings. The van der Waals surface area contributed by atoms with Crippen molar-refractivity contribution in [3.05, 3.63) is 0 Å². The summed E-state index contributed by atoms with van der Waals surface area (Å²) in [6.45, 7) is 8.97. The van der Waals surface area contributed by atoms with Gasteiger partial charge in [-0.25, -0.2) is 0 Å². The fourth-order valence-electron chi connectivity index (χ4n) is 2.49. The predicted octanol–water partition coefficient (Wildman–Crippen LogP) is 1.17. The maximum atomic E-state index is 5.90. The Morgan fingerprint density at radius 2 is 1.56 bits per heavy atom. The summed E-state index contributed by atoms with van der Waals surface area (Å²) in [5.41, 5.74) is 0.106. The van der Waals surface area contributed by atoms with Crippen molar-refractivity contribution in [2.24, 2.45) is 10.8 Å². The molecule has 4 rings (SSSR count). The van der Waals surface area contributed by atoms with Gasteiger partial charge in [0.25, 0.3) is 5.97 Å². The molecule has 0 aromatic carbocycles. The van der Waals surface area contributed by atoms with Crippen molar-refractivity contribution >= 4 is 0 Å². The van der Waals surface area contributed by atoms with E-state index < -0.39 is 5.97 Å². The molecule has 0 radical (unpaired) electrons. The molecule has 5 nitrogen and oxygen atoms in total. The minimum atomic E-state index is -0.825. The Morgan fingerprint density at radius 3 is 2.00 bits per heavy atom. The summed E-state index contributed by atoms with van der Waals surface area (Å²) in [7, 11) is 0. The number of hydrogen-bond donors (Lipinski definition) is 0. The maximum Gasteiger partial charge on any atom is 0.279 e. The number of rotatable bonds is 5. The summed E-state index contributed by atoms with van der Waals surface area (Å²) in [4.78, 5) is 0.